The van der Waals surface area contributed by atoms with Gasteiger partial charge in [0.25, 0.3) is 0 Å². The van der Waals surface area contributed by atoms with Crippen LogP contribution in [0.25, 0.3) is 22.3 Å². The molecule has 0 aliphatic carbocycles. The molecule has 0 saturated carbocycles. The number of H-pyrrole nitrogens is 1. The van der Waals surface area contributed by atoms with Crippen molar-refractivity contribution in [3.05, 3.63) is 53.7 Å². The second-order valence-electron chi connectivity index (χ2n) is 3.60. The van der Waals surface area contributed by atoms with Crippen LogP contribution in [-0.2, 0) is 0 Å². The van der Waals surface area contributed by atoms with Gasteiger partial charge in [0.05, 0.1) is 10.7 Å². The second-order valence-corrected chi connectivity index (χ2v) is 4.01. The molecule has 0 unspecified atom stereocenters. The molecule has 1 aromatic carbocycles. The second kappa shape index (κ2) is 3.65. The van der Waals surface area contributed by atoms with Crippen LogP contribution in [-0.4, -0.2) is 9.97 Å². The molecule has 0 saturated heterocycles. The van der Waals surface area contributed by atoms with Crippen molar-refractivity contribution in [2.75, 3.05) is 0 Å². The zero-order chi connectivity index (χ0) is 11.0. The van der Waals surface area contributed by atoms with Gasteiger partial charge < -0.3 is 4.98 Å². The van der Waals surface area contributed by atoms with Crippen LogP contribution in [0.5, 0.6) is 0 Å². The minimum absolute atomic E-state index is 0.679. The molecule has 2 heterocycles. The molecule has 3 heteroatoms. The predicted octanol–water partition coefficient (Wildman–Crippen LogP) is 3.88. The number of hydrogen-bond donors (Lipinski definition) is 1. The van der Waals surface area contributed by atoms with Gasteiger partial charge in [-0.25, -0.2) is 4.98 Å². The van der Waals surface area contributed by atoms with E-state index in [4.69, 9.17) is 11.6 Å². The normalized spacial score (nSPS) is 10.8. The van der Waals surface area contributed by atoms with Gasteiger partial charge in [-0.1, -0.05) is 41.9 Å². The Bertz CT molecular complexity index is 629. The van der Waals surface area contributed by atoms with E-state index in [9.17, 15) is 0 Å². The minimum atomic E-state index is 0.679. The van der Waals surface area contributed by atoms with Crippen molar-refractivity contribution < 1.29 is 0 Å². The maximum Gasteiger partial charge on any atom is 0.138 e. The van der Waals surface area contributed by atoms with Crippen molar-refractivity contribution >= 4 is 22.6 Å². The molecule has 0 radical (unpaired) electrons. The monoisotopic (exact) mass is 228 g/mol. The zero-order valence-electron chi connectivity index (χ0n) is 8.44. The molecule has 16 heavy (non-hydrogen) atoms. The average molecular weight is 229 g/mol. The fourth-order valence-electron chi connectivity index (χ4n) is 1.75. The van der Waals surface area contributed by atoms with Crippen molar-refractivity contribution in [2.24, 2.45) is 0 Å². The van der Waals surface area contributed by atoms with Gasteiger partial charge in [-0.2, -0.15) is 0 Å². The highest BCUT2D eigenvalue weighted by Gasteiger charge is 2.07. The third kappa shape index (κ3) is 1.48. The fraction of sp³-hybridized carbons (Fsp3) is 0. The summed E-state index contributed by atoms with van der Waals surface area (Å²) in [5.74, 6) is 0. The van der Waals surface area contributed by atoms with E-state index in [0.717, 1.165) is 22.3 Å². The Morgan fingerprint density at radius 1 is 1.06 bits per heavy atom. The Kier molecular flexibility index (Phi) is 2.15. The van der Waals surface area contributed by atoms with E-state index in [1.54, 1.807) is 0 Å². The largest absolute Gasteiger partial charge is 0.346 e. The summed E-state index contributed by atoms with van der Waals surface area (Å²) in [6.07, 6.45) is 1.86. The number of benzene rings is 1. The lowest BCUT2D eigenvalue weighted by Gasteiger charge is -2.03. The molecule has 0 spiro atoms. The lowest BCUT2D eigenvalue weighted by Crippen LogP contribution is -1.86. The summed E-state index contributed by atoms with van der Waals surface area (Å²) in [6, 6.07) is 13.8. The number of aromatic nitrogens is 2. The quantitative estimate of drug-likeness (QED) is 0.673. The summed E-state index contributed by atoms with van der Waals surface area (Å²) >= 11 is 6.22. The molecule has 78 valence electrons. The van der Waals surface area contributed by atoms with Crippen molar-refractivity contribution in [3.63, 3.8) is 0 Å². The van der Waals surface area contributed by atoms with Crippen LogP contribution < -0.4 is 0 Å². The van der Waals surface area contributed by atoms with Crippen LogP contribution in [0.2, 0.25) is 5.02 Å². The first-order valence-electron chi connectivity index (χ1n) is 5.03. The van der Waals surface area contributed by atoms with E-state index in [1.807, 2.05) is 48.7 Å². The first kappa shape index (κ1) is 9.43. The Morgan fingerprint density at radius 2 is 1.88 bits per heavy atom. The Morgan fingerprint density at radius 3 is 2.69 bits per heavy atom. The Balaban J connectivity index is 2.27. The number of hydrogen-bond acceptors (Lipinski definition) is 1. The Labute approximate surface area is 97.9 Å². The van der Waals surface area contributed by atoms with Gasteiger partial charge in [0, 0.05) is 17.1 Å². The first-order chi connectivity index (χ1) is 7.84. The maximum atomic E-state index is 6.22. The van der Waals surface area contributed by atoms with Crippen molar-refractivity contribution in [2.45, 2.75) is 0 Å². The summed E-state index contributed by atoms with van der Waals surface area (Å²) in [5.41, 5.74) is 2.71. The van der Waals surface area contributed by atoms with E-state index >= 15 is 0 Å². The number of halogens is 1. The number of rotatable bonds is 1. The van der Waals surface area contributed by atoms with Gasteiger partial charge in [0.15, 0.2) is 0 Å². The molecule has 0 fully saturated rings. The lowest BCUT2D eigenvalue weighted by molar-refractivity contribution is 1.32. The van der Waals surface area contributed by atoms with Gasteiger partial charge >= 0.3 is 0 Å². The third-order valence-electron chi connectivity index (χ3n) is 2.54. The highest BCUT2D eigenvalue weighted by atomic mass is 35.5. The zero-order valence-corrected chi connectivity index (χ0v) is 9.20. The number of fused-ring (bicyclic) bond motifs is 1. The van der Waals surface area contributed by atoms with E-state index in [2.05, 4.69) is 9.97 Å². The minimum Gasteiger partial charge on any atom is -0.346 e. The molecule has 0 amide bonds. The molecule has 2 aromatic heterocycles. The topological polar surface area (TPSA) is 28.7 Å². The van der Waals surface area contributed by atoms with Crippen molar-refractivity contribution in [1.82, 2.24) is 9.97 Å². The van der Waals surface area contributed by atoms with Crippen molar-refractivity contribution in [3.8, 4) is 11.3 Å². The molecule has 0 aliphatic rings. The molecular formula is C13H9ClN2. The fourth-order valence-corrected chi connectivity index (χ4v) is 2.02. The molecule has 2 nitrogen and oxygen atoms in total. The van der Waals surface area contributed by atoms with Crippen LogP contribution in [0.3, 0.4) is 0 Å². The van der Waals surface area contributed by atoms with Gasteiger partial charge in [-0.3, -0.25) is 0 Å². The van der Waals surface area contributed by atoms with Crippen LogP contribution in [0, 0.1) is 0 Å². The maximum absolute atomic E-state index is 6.22. The predicted molar refractivity (Wildman–Crippen MR) is 66.5 cm³/mol. The smallest absolute Gasteiger partial charge is 0.138 e. The molecule has 0 bridgehead atoms. The van der Waals surface area contributed by atoms with E-state index < -0.39 is 0 Å². The van der Waals surface area contributed by atoms with Crippen LogP contribution in [0.15, 0.2) is 48.7 Å². The summed E-state index contributed by atoms with van der Waals surface area (Å²) in [6.45, 7) is 0. The van der Waals surface area contributed by atoms with E-state index in [-0.39, 0.29) is 0 Å². The molecule has 0 aliphatic heterocycles. The summed E-state index contributed by atoms with van der Waals surface area (Å²) in [4.78, 5) is 7.60. The SMILES string of the molecule is Clc1cc2cc[nH]c2nc1-c1ccccc1. The highest BCUT2D eigenvalue weighted by Crippen LogP contribution is 2.28. The standard InChI is InChI=1S/C13H9ClN2/c14-11-8-10-6-7-15-13(10)16-12(11)9-4-2-1-3-5-9/h1-8H,(H,15,16). The summed E-state index contributed by atoms with van der Waals surface area (Å²) < 4.78 is 0. The molecule has 0 atom stereocenters. The molecule has 3 rings (SSSR count). The molecular weight excluding hydrogens is 220 g/mol. The van der Waals surface area contributed by atoms with Crippen molar-refractivity contribution in [1.29, 1.82) is 0 Å². The van der Waals surface area contributed by atoms with E-state index in [1.165, 1.54) is 0 Å². The first-order valence-corrected chi connectivity index (χ1v) is 5.41. The molecule has 1 N–H and O–H groups in total. The Hall–Kier alpha value is -1.80. The van der Waals surface area contributed by atoms with E-state index in [0.29, 0.717) is 5.02 Å². The highest BCUT2D eigenvalue weighted by molar-refractivity contribution is 6.33. The van der Waals surface area contributed by atoms with Gasteiger partial charge in [-0.05, 0) is 12.1 Å². The van der Waals surface area contributed by atoms with Gasteiger partial charge in [0.2, 0.25) is 0 Å². The van der Waals surface area contributed by atoms with Gasteiger partial charge in [-0.15, -0.1) is 0 Å². The third-order valence-corrected chi connectivity index (χ3v) is 2.82. The number of nitrogens with one attached hydrogen (secondary N) is 1. The van der Waals surface area contributed by atoms with Crippen LogP contribution in [0.1, 0.15) is 0 Å². The van der Waals surface area contributed by atoms with Gasteiger partial charge in [0.1, 0.15) is 5.65 Å². The number of aromatic amines is 1. The summed E-state index contributed by atoms with van der Waals surface area (Å²) in [7, 11) is 0. The summed E-state index contributed by atoms with van der Waals surface area (Å²) in [5, 5.41) is 1.71. The number of pyridine rings is 1. The van der Waals surface area contributed by atoms with Crippen LogP contribution >= 0.6 is 11.6 Å². The molecule has 3 aromatic rings. The average Bonchev–Trinajstić information content (AvgIpc) is 2.76. The lowest BCUT2D eigenvalue weighted by atomic mass is 10.1. The number of nitrogens with zero attached hydrogens (tertiary/aromatic N) is 1. The van der Waals surface area contributed by atoms with Crippen LogP contribution in [0.4, 0.5) is 0 Å².